The Bertz CT molecular complexity index is 393. The number of alkyl halides is 3. The number of hydrogen-bond donors (Lipinski definition) is 2. The van der Waals surface area contributed by atoms with E-state index in [4.69, 9.17) is 5.73 Å². The summed E-state index contributed by atoms with van der Waals surface area (Å²) in [7, 11) is 0. The van der Waals surface area contributed by atoms with Gasteiger partial charge in [-0.1, -0.05) is 19.1 Å². The maximum absolute atomic E-state index is 13.1. The molecule has 0 fully saturated rings. The quantitative estimate of drug-likeness (QED) is 0.838. The van der Waals surface area contributed by atoms with Crippen molar-refractivity contribution in [1.82, 2.24) is 15.0 Å². The molecule has 104 valence electrons. The van der Waals surface area contributed by atoms with Gasteiger partial charge in [-0.25, -0.2) is 4.68 Å². The first-order chi connectivity index (χ1) is 8.29. The summed E-state index contributed by atoms with van der Waals surface area (Å²) in [4.78, 5) is 0. The van der Waals surface area contributed by atoms with E-state index in [0.29, 0.717) is 6.42 Å². The van der Waals surface area contributed by atoms with Crippen molar-refractivity contribution in [3.05, 3.63) is 11.9 Å². The fourth-order valence-corrected chi connectivity index (χ4v) is 1.77. The van der Waals surface area contributed by atoms with Crippen LogP contribution in [0.4, 0.5) is 13.2 Å². The summed E-state index contributed by atoms with van der Waals surface area (Å²) in [6.07, 6.45) is -3.41. The molecule has 0 amide bonds. The number of nitrogens with two attached hydrogens (primary N) is 1. The van der Waals surface area contributed by atoms with Gasteiger partial charge in [0.15, 0.2) is 0 Å². The summed E-state index contributed by atoms with van der Waals surface area (Å²) in [6, 6.07) is -1.47. The fourth-order valence-electron chi connectivity index (χ4n) is 1.77. The third-order valence-electron chi connectivity index (χ3n) is 2.85. The number of hydrogen-bond acceptors (Lipinski definition) is 4. The van der Waals surface area contributed by atoms with Crippen molar-refractivity contribution in [3.63, 3.8) is 0 Å². The number of aryl methyl sites for hydroxylation is 1. The minimum Gasteiger partial charge on any atom is -0.374 e. The molecule has 0 aliphatic heterocycles. The van der Waals surface area contributed by atoms with E-state index in [2.05, 4.69) is 10.3 Å². The maximum atomic E-state index is 13.1. The van der Waals surface area contributed by atoms with E-state index in [1.165, 1.54) is 6.92 Å². The highest BCUT2D eigenvalue weighted by atomic mass is 19.4. The second kappa shape index (κ2) is 5.23. The highest BCUT2D eigenvalue weighted by Crippen LogP contribution is 2.41. The lowest BCUT2D eigenvalue weighted by atomic mass is 9.88. The number of aromatic nitrogens is 3. The Balaban J connectivity index is 3.31. The third kappa shape index (κ3) is 2.35. The van der Waals surface area contributed by atoms with Gasteiger partial charge in [0, 0.05) is 12.6 Å². The molecule has 0 aliphatic carbocycles. The van der Waals surface area contributed by atoms with Gasteiger partial charge < -0.3 is 10.8 Å². The third-order valence-corrected chi connectivity index (χ3v) is 2.85. The molecule has 0 saturated carbocycles. The average Bonchev–Trinajstić information content (AvgIpc) is 2.74. The van der Waals surface area contributed by atoms with Crippen LogP contribution < -0.4 is 5.73 Å². The summed E-state index contributed by atoms with van der Waals surface area (Å²) >= 11 is 0. The molecule has 2 atom stereocenters. The predicted molar refractivity (Wildman–Crippen MR) is 58.5 cm³/mol. The van der Waals surface area contributed by atoms with Crippen LogP contribution in [0.25, 0.3) is 0 Å². The standard InChI is InChI=1S/C10H17F3N4O/c1-3-5-17-8(6-15-16-17)9(18,7(14)4-2)10(11,12)13/h6-7,18H,3-5,14H2,1-2H3. The molecule has 1 aromatic rings. The van der Waals surface area contributed by atoms with Gasteiger partial charge >= 0.3 is 6.18 Å². The average molecular weight is 266 g/mol. The second-order valence-electron chi connectivity index (χ2n) is 4.12. The van der Waals surface area contributed by atoms with Crippen molar-refractivity contribution < 1.29 is 18.3 Å². The Kier molecular flexibility index (Phi) is 4.33. The van der Waals surface area contributed by atoms with Crippen LogP contribution in [0.2, 0.25) is 0 Å². The number of rotatable bonds is 5. The molecule has 2 unspecified atom stereocenters. The molecule has 0 aliphatic rings. The zero-order valence-electron chi connectivity index (χ0n) is 10.3. The molecule has 1 aromatic heterocycles. The van der Waals surface area contributed by atoms with Crippen LogP contribution in [0.15, 0.2) is 6.20 Å². The van der Waals surface area contributed by atoms with E-state index in [9.17, 15) is 18.3 Å². The number of halogens is 3. The number of aliphatic hydroxyl groups is 1. The summed E-state index contributed by atoms with van der Waals surface area (Å²) in [5.41, 5.74) is 1.92. The molecular weight excluding hydrogens is 249 g/mol. The minimum atomic E-state index is -4.88. The number of nitrogens with zero attached hydrogens (tertiary/aromatic N) is 3. The molecule has 18 heavy (non-hydrogen) atoms. The highest BCUT2D eigenvalue weighted by molar-refractivity contribution is 5.15. The summed E-state index contributed by atoms with van der Waals surface area (Å²) in [5, 5.41) is 17.0. The molecule has 3 N–H and O–H groups in total. The topological polar surface area (TPSA) is 77.0 Å². The van der Waals surface area contributed by atoms with Gasteiger partial charge in [-0.15, -0.1) is 5.10 Å². The molecule has 1 rings (SSSR count). The van der Waals surface area contributed by atoms with Crippen molar-refractivity contribution in [2.45, 2.75) is 51.1 Å². The summed E-state index contributed by atoms with van der Waals surface area (Å²) < 4.78 is 40.4. The predicted octanol–water partition coefficient (Wildman–Crippen LogP) is 1.18. The largest absolute Gasteiger partial charge is 0.424 e. The molecule has 0 radical (unpaired) electrons. The van der Waals surface area contributed by atoms with E-state index in [-0.39, 0.29) is 13.0 Å². The minimum absolute atomic E-state index is 0.0205. The van der Waals surface area contributed by atoms with Crippen molar-refractivity contribution in [2.75, 3.05) is 0 Å². The first kappa shape index (κ1) is 14.9. The van der Waals surface area contributed by atoms with Gasteiger partial charge in [0.1, 0.15) is 5.69 Å². The molecule has 5 nitrogen and oxygen atoms in total. The zero-order valence-corrected chi connectivity index (χ0v) is 10.3. The Morgan fingerprint density at radius 1 is 1.44 bits per heavy atom. The lowest BCUT2D eigenvalue weighted by Crippen LogP contribution is -2.56. The van der Waals surface area contributed by atoms with Crippen molar-refractivity contribution >= 4 is 0 Å². The first-order valence-electron chi connectivity index (χ1n) is 5.72. The monoisotopic (exact) mass is 266 g/mol. The molecule has 1 heterocycles. The Morgan fingerprint density at radius 2 is 2.06 bits per heavy atom. The molecule has 8 heteroatoms. The van der Waals surface area contributed by atoms with E-state index >= 15 is 0 Å². The van der Waals surface area contributed by atoms with Crippen LogP contribution in [0, 0.1) is 0 Å². The fraction of sp³-hybridized carbons (Fsp3) is 0.800. The Morgan fingerprint density at radius 3 is 2.50 bits per heavy atom. The first-order valence-corrected chi connectivity index (χ1v) is 5.72. The molecule has 0 spiro atoms. The van der Waals surface area contributed by atoms with E-state index in [1.54, 1.807) is 6.92 Å². The van der Waals surface area contributed by atoms with E-state index in [1.807, 2.05) is 0 Å². The van der Waals surface area contributed by atoms with Gasteiger partial charge in [-0.3, -0.25) is 0 Å². The van der Waals surface area contributed by atoms with Gasteiger partial charge in [0.2, 0.25) is 5.60 Å². The van der Waals surface area contributed by atoms with Crippen LogP contribution in [-0.4, -0.2) is 32.3 Å². The highest BCUT2D eigenvalue weighted by Gasteiger charge is 2.60. The van der Waals surface area contributed by atoms with Crippen molar-refractivity contribution in [2.24, 2.45) is 5.73 Å². The van der Waals surface area contributed by atoms with Crippen LogP contribution in [0.5, 0.6) is 0 Å². The van der Waals surface area contributed by atoms with Crippen molar-refractivity contribution in [1.29, 1.82) is 0 Å². The maximum Gasteiger partial charge on any atom is 0.424 e. The zero-order chi connectivity index (χ0) is 14.0. The van der Waals surface area contributed by atoms with Crippen LogP contribution in [0.3, 0.4) is 0 Å². The smallest absolute Gasteiger partial charge is 0.374 e. The summed E-state index contributed by atoms with van der Waals surface area (Å²) in [6.45, 7) is 3.51. The van der Waals surface area contributed by atoms with Gasteiger partial charge in [-0.05, 0) is 12.8 Å². The molecule has 0 saturated heterocycles. The van der Waals surface area contributed by atoms with Crippen LogP contribution in [-0.2, 0) is 12.1 Å². The second-order valence-corrected chi connectivity index (χ2v) is 4.12. The van der Waals surface area contributed by atoms with Gasteiger partial charge in [0.05, 0.1) is 6.20 Å². The lowest BCUT2D eigenvalue weighted by Gasteiger charge is -2.35. The normalized spacial score (nSPS) is 17.5. The van der Waals surface area contributed by atoms with E-state index < -0.39 is 23.5 Å². The van der Waals surface area contributed by atoms with Crippen molar-refractivity contribution in [3.8, 4) is 0 Å². The summed E-state index contributed by atoms with van der Waals surface area (Å²) in [5.74, 6) is 0. The van der Waals surface area contributed by atoms with E-state index in [0.717, 1.165) is 10.9 Å². The Hall–Kier alpha value is -1.15. The molecule has 0 aromatic carbocycles. The van der Waals surface area contributed by atoms with Gasteiger partial charge in [0.25, 0.3) is 0 Å². The lowest BCUT2D eigenvalue weighted by molar-refractivity contribution is -0.277. The Labute approximate surface area is 103 Å². The molecular formula is C10H17F3N4O. The SMILES string of the molecule is CCCn1nncc1C(O)(C(N)CC)C(F)(F)F. The van der Waals surface area contributed by atoms with Gasteiger partial charge in [-0.2, -0.15) is 13.2 Å². The van der Waals surface area contributed by atoms with Crippen LogP contribution >= 0.6 is 0 Å². The van der Waals surface area contributed by atoms with Crippen LogP contribution in [0.1, 0.15) is 32.4 Å². The molecule has 0 bridgehead atoms.